The third kappa shape index (κ3) is 3.39. The molecule has 1 saturated carbocycles. The van der Waals surface area contributed by atoms with Crippen molar-refractivity contribution in [3.05, 3.63) is 30.1 Å². The van der Waals surface area contributed by atoms with Gasteiger partial charge in [0.2, 0.25) is 0 Å². The van der Waals surface area contributed by atoms with Gasteiger partial charge in [-0.05, 0) is 36.3 Å². The van der Waals surface area contributed by atoms with Crippen LogP contribution in [0.25, 0.3) is 0 Å². The molecule has 110 valence electrons. The molecule has 3 nitrogen and oxygen atoms in total. The summed E-state index contributed by atoms with van der Waals surface area (Å²) in [5.74, 6) is 1.85. The number of piperazine rings is 1. The van der Waals surface area contributed by atoms with Crippen LogP contribution in [-0.4, -0.2) is 36.1 Å². The highest BCUT2D eigenvalue weighted by molar-refractivity contribution is 5.15. The quantitative estimate of drug-likeness (QED) is 0.918. The van der Waals surface area contributed by atoms with E-state index in [1.165, 1.54) is 44.3 Å². The van der Waals surface area contributed by atoms with E-state index in [-0.39, 0.29) is 0 Å². The Bertz CT molecular complexity index is 398. The molecule has 1 aromatic heterocycles. The maximum Gasteiger partial charge on any atom is 0.0488 e. The number of hydrogen-bond acceptors (Lipinski definition) is 3. The molecule has 0 bridgehead atoms. The zero-order valence-corrected chi connectivity index (χ0v) is 12.6. The van der Waals surface area contributed by atoms with Crippen molar-refractivity contribution in [2.75, 3.05) is 26.2 Å². The standard InChI is InChI=1S/C17H27N3/c1-14-4-6-15(7-5-14)13-20-10-9-19-12-17(20)16-3-2-8-18-11-16/h2-3,8,11,14-15,17,19H,4-7,9-10,12-13H2,1H3. The maximum absolute atomic E-state index is 4.30. The second kappa shape index (κ2) is 6.68. The predicted octanol–water partition coefficient (Wildman–Crippen LogP) is 2.85. The molecule has 0 aromatic carbocycles. The molecule has 0 spiro atoms. The van der Waals surface area contributed by atoms with Crippen LogP contribution in [0.1, 0.15) is 44.2 Å². The first-order chi connectivity index (χ1) is 9.83. The van der Waals surface area contributed by atoms with Gasteiger partial charge in [0.25, 0.3) is 0 Å². The van der Waals surface area contributed by atoms with Gasteiger partial charge in [0, 0.05) is 44.6 Å². The summed E-state index contributed by atoms with van der Waals surface area (Å²) in [5.41, 5.74) is 1.36. The van der Waals surface area contributed by atoms with Crippen LogP contribution in [-0.2, 0) is 0 Å². The molecule has 1 N–H and O–H groups in total. The summed E-state index contributed by atoms with van der Waals surface area (Å²) < 4.78 is 0. The fourth-order valence-corrected chi connectivity index (χ4v) is 3.71. The van der Waals surface area contributed by atoms with Gasteiger partial charge in [0.15, 0.2) is 0 Å². The number of nitrogens with one attached hydrogen (secondary N) is 1. The molecule has 2 heterocycles. The van der Waals surface area contributed by atoms with Gasteiger partial charge in [-0.2, -0.15) is 0 Å². The fourth-order valence-electron chi connectivity index (χ4n) is 3.71. The Morgan fingerprint density at radius 2 is 2.15 bits per heavy atom. The molecule has 2 aliphatic rings. The lowest BCUT2D eigenvalue weighted by Gasteiger charge is -2.39. The highest BCUT2D eigenvalue weighted by Gasteiger charge is 2.27. The van der Waals surface area contributed by atoms with Crippen molar-refractivity contribution in [2.24, 2.45) is 11.8 Å². The van der Waals surface area contributed by atoms with Crippen molar-refractivity contribution in [1.82, 2.24) is 15.2 Å². The smallest absolute Gasteiger partial charge is 0.0488 e. The van der Waals surface area contributed by atoms with Gasteiger partial charge in [0.05, 0.1) is 0 Å². The van der Waals surface area contributed by atoms with Gasteiger partial charge in [-0.3, -0.25) is 9.88 Å². The molecule has 0 amide bonds. The lowest BCUT2D eigenvalue weighted by atomic mass is 9.82. The summed E-state index contributed by atoms with van der Waals surface area (Å²) >= 11 is 0. The summed E-state index contributed by atoms with van der Waals surface area (Å²) in [6.45, 7) is 7.04. The monoisotopic (exact) mass is 273 g/mol. The van der Waals surface area contributed by atoms with Crippen molar-refractivity contribution in [3.8, 4) is 0 Å². The molecule has 1 unspecified atom stereocenters. The summed E-state index contributed by atoms with van der Waals surface area (Å²) in [6, 6.07) is 4.79. The largest absolute Gasteiger partial charge is 0.314 e. The third-order valence-electron chi connectivity index (χ3n) is 5.05. The molecule has 20 heavy (non-hydrogen) atoms. The molecule has 3 heteroatoms. The van der Waals surface area contributed by atoms with Crippen LogP contribution in [0.3, 0.4) is 0 Å². The third-order valence-corrected chi connectivity index (χ3v) is 5.05. The van der Waals surface area contributed by atoms with E-state index >= 15 is 0 Å². The normalized spacial score (nSPS) is 32.1. The van der Waals surface area contributed by atoms with Crippen molar-refractivity contribution >= 4 is 0 Å². The molecule has 1 aliphatic heterocycles. The fraction of sp³-hybridized carbons (Fsp3) is 0.706. The van der Waals surface area contributed by atoms with E-state index in [9.17, 15) is 0 Å². The van der Waals surface area contributed by atoms with Gasteiger partial charge in [-0.1, -0.05) is 25.8 Å². The Hall–Kier alpha value is -0.930. The lowest BCUT2D eigenvalue weighted by molar-refractivity contribution is 0.117. The summed E-state index contributed by atoms with van der Waals surface area (Å²) in [4.78, 5) is 6.99. The topological polar surface area (TPSA) is 28.2 Å². The van der Waals surface area contributed by atoms with Crippen LogP contribution < -0.4 is 5.32 Å². The predicted molar refractivity (Wildman–Crippen MR) is 82.5 cm³/mol. The summed E-state index contributed by atoms with van der Waals surface area (Å²) in [5, 5.41) is 3.54. The van der Waals surface area contributed by atoms with E-state index in [0.29, 0.717) is 6.04 Å². The van der Waals surface area contributed by atoms with E-state index < -0.39 is 0 Å². The SMILES string of the molecule is CC1CCC(CN2CCNCC2c2cccnc2)CC1. The van der Waals surface area contributed by atoms with Crippen LogP contribution in [0.5, 0.6) is 0 Å². The number of aromatic nitrogens is 1. The second-order valence-corrected chi connectivity index (χ2v) is 6.63. The van der Waals surface area contributed by atoms with E-state index in [1.807, 2.05) is 12.4 Å². The highest BCUT2D eigenvalue weighted by atomic mass is 15.2. The van der Waals surface area contributed by atoms with Crippen molar-refractivity contribution < 1.29 is 0 Å². The van der Waals surface area contributed by atoms with Crippen LogP contribution in [0.4, 0.5) is 0 Å². The van der Waals surface area contributed by atoms with Gasteiger partial charge in [-0.15, -0.1) is 0 Å². The molecule has 3 rings (SSSR count). The molecule has 0 radical (unpaired) electrons. The molecule has 1 aromatic rings. The zero-order valence-electron chi connectivity index (χ0n) is 12.6. The maximum atomic E-state index is 4.30. The first-order valence-corrected chi connectivity index (χ1v) is 8.17. The van der Waals surface area contributed by atoms with Crippen LogP contribution in [0, 0.1) is 11.8 Å². The molecule has 2 fully saturated rings. The minimum atomic E-state index is 0.511. The number of rotatable bonds is 3. The van der Waals surface area contributed by atoms with Crippen LogP contribution in [0.2, 0.25) is 0 Å². The number of nitrogens with zero attached hydrogens (tertiary/aromatic N) is 2. The molecule has 1 aliphatic carbocycles. The van der Waals surface area contributed by atoms with E-state index in [2.05, 4.69) is 34.3 Å². The minimum absolute atomic E-state index is 0.511. The summed E-state index contributed by atoms with van der Waals surface area (Å²) in [6.07, 6.45) is 9.60. The average molecular weight is 273 g/mol. The van der Waals surface area contributed by atoms with Gasteiger partial charge in [-0.25, -0.2) is 0 Å². The first-order valence-electron chi connectivity index (χ1n) is 8.17. The van der Waals surface area contributed by atoms with Crippen LogP contribution >= 0.6 is 0 Å². The first kappa shape index (κ1) is 14.0. The Kier molecular flexibility index (Phi) is 4.69. The van der Waals surface area contributed by atoms with Crippen molar-refractivity contribution in [1.29, 1.82) is 0 Å². The molecule has 1 saturated heterocycles. The van der Waals surface area contributed by atoms with Gasteiger partial charge in [0.1, 0.15) is 0 Å². The Labute approximate surface area is 122 Å². The molecular weight excluding hydrogens is 246 g/mol. The Balaban J connectivity index is 1.64. The Morgan fingerprint density at radius 3 is 2.90 bits per heavy atom. The highest BCUT2D eigenvalue weighted by Crippen LogP contribution is 2.31. The second-order valence-electron chi connectivity index (χ2n) is 6.63. The van der Waals surface area contributed by atoms with Crippen LogP contribution in [0.15, 0.2) is 24.5 Å². The molecule has 1 atom stereocenters. The lowest BCUT2D eigenvalue weighted by Crippen LogP contribution is -2.47. The average Bonchev–Trinajstić information content (AvgIpc) is 2.51. The number of pyridine rings is 1. The molecular formula is C17H27N3. The Morgan fingerprint density at radius 1 is 1.30 bits per heavy atom. The van der Waals surface area contributed by atoms with Crippen molar-refractivity contribution in [3.63, 3.8) is 0 Å². The van der Waals surface area contributed by atoms with E-state index in [1.54, 1.807) is 0 Å². The zero-order chi connectivity index (χ0) is 13.8. The van der Waals surface area contributed by atoms with Gasteiger partial charge < -0.3 is 5.32 Å². The van der Waals surface area contributed by atoms with E-state index in [4.69, 9.17) is 0 Å². The minimum Gasteiger partial charge on any atom is -0.314 e. The summed E-state index contributed by atoms with van der Waals surface area (Å²) in [7, 11) is 0. The van der Waals surface area contributed by atoms with E-state index in [0.717, 1.165) is 24.9 Å². The van der Waals surface area contributed by atoms with Crippen molar-refractivity contribution in [2.45, 2.75) is 38.6 Å². The number of hydrogen-bond donors (Lipinski definition) is 1. The van der Waals surface area contributed by atoms with Gasteiger partial charge >= 0.3 is 0 Å².